The van der Waals surface area contributed by atoms with E-state index in [1.807, 2.05) is 32.9 Å². The standard InChI is InChI=1S/C32H40N6O7/c1-20-9-12-25(45-20)29(31(40)33-32(2,3)4)37(16-15-21-10-13-23(41-5)26(17-21)43-7)28(39)19-38-35-30(34-36-38)22-11-14-24(42-6)27(18-22)44-8/h9-14,17-18,29H,15-16,19H2,1-8H3,(H,33,40)/t29-/m0/s1. The van der Waals surface area contributed by atoms with Crippen molar-refractivity contribution in [3.63, 3.8) is 0 Å². The highest BCUT2D eigenvalue weighted by atomic mass is 16.5. The fourth-order valence-electron chi connectivity index (χ4n) is 4.76. The molecule has 2 aromatic heterocycles. The highest BCUT2D eigenvalue weighted by Crippen LogP contribution is 2.31. The van der Waals surface area contributed by atoms with Gasteiger partial charge in [0.05, 0.1) is 28.4 Å². The first-order chi connectivity index (χ1) is 21.5. The van der Waals surface area contributed by atoms with Crippen LogP contribution >= 0.6 is 0 Å². The van der Waals surface area contributed by atoms with Gasteiger partial charge in [-0.15, -0.1) is 10.2 Å². The van der Waals surface area contributed by atoms with Crippen LogP contribution in [0.1, 0.15) is 43.9 Å². The highest BCUT2D eigenvalue weighted by molar-refractivity contribution is 5.88. The van der Waals surface area contributed by atoms with Gasteiger partial charge in [-0.3, -0.25) is 9.59 Å². The third-order valence-electron chi connectivity index (χ3n) is 6.87. The summed E-state index contributed by atoms with van der Waals surface area (Å²) < 4.78 is 27.4. The second-order valence-corrected chi connectivity index (χ2v) is 11.3. The second kappa shape index (κ2) is 14.1. The molecule has 1 atom stereocenters. The van der Waals surface area contributed by atoms with E-state index in [2.05, 4.69) is 20.7 Å². The number of amides is 2. The Morgan fingerprint density at radius 3 is 2.16 bits per heavy atom. The number of aromatic nitrogens is 4. The molecular weight excluding hydrogens is 580 g/mol. The summed E-state index contributed by atoms with van der Waals surface area (Å²) in [5.41, 5.74) is 0.951. The molecular formula is C32H40N6O7. The Morgan fingerprint density at radius 2 is 1.56 bits per heavy atom. The SMILES string of the molecule is COc1ccc(CCN(C(=O)Cn2nnc(-c3ccc(OC)c(OC)c3)n2)[C@H](C(=O)NC(C)(C)C)c2ccc(C)o2)cc1OC. The molecule has 2 amide bonds. The van der Waals surface area contributed by atoms with Crippen LogP contribution < -0.4 is 24.3 Å². The van der Waals surface area contributed by atoms with Crippen molar-refractivity contribution in [2.24, 2.45) is 0 Å². The zero-order valence-electron chi connectivity index (χ0n) is 26.9. The highest BCUT2D eigenvalue weighted by Gasteiger charge is 2.35. The van der Waals surface area contributed by atoms with Gasteiger partial charge in [0.1, 0.15) is 18.1 Å². The number of methoxy groups -OCH3 is 4. The van der Waals surface area contributed by atoms with Crippen molar-refractivity contribution in [2.45, 2.75) is 52.2 Å². The number of tetrazole rings is 1. The lowest BCUT2D eigenvalue weighted by atomic mass is 10.0. The summed E-state index contributed by atoms with van der Waals surface area (Å²) >= 11 is 0. The first-order valence-electron chi connectivity index (χ1n) is 14.3. The van der Waals surface area contributed by atoms with Gasteiger partial charge >= 0.3 is 0 Å². The van der Waals surface area contributed by atoms with Crippen LogP contribution in [0.2, 0.25) is 0 Å². The van der Waals surface area contributed by atoms with Crippen LogP contribution in [0.3, 0.4) is 0 Å². The first-order valence-corrected chi connectivity index (χ1v) is 14.3. The van der Waals surface area contributed by atoms with Crippen molar-refractivity contribution in [2.75, 3.05) is 35.0 Å². The zero-order chi connectivity index (χ0) is 32.7. The van der Waals surface area contributed by atoms with E-state index in [0.29, 0.717) is 52.3 Å². The van der Waals surface area contributed by atoms with Crippen molar-refractivity contribution >= 4 is 11.8 Å². The molecule has 13 nitrogen and oxygen atoms in total. The normalized spacial score (nSPS) is 11.9. The third-order valence-corrected chi connectivity index (χ3v) is 6.87. The van der Waals surface area contributed by atoms with E-state index in [0.717, 1.165) is 5.56 Å². The van der Waals surface area contributed by atoms with Gasteiger partial charge in [0.2, 0.25) is 11.7 Å². The van der Waals surface area contributed by atoms with Crippen LogP contribution in [-0.4, -0.2) is 77.4 Å². The molecule has 4 rings (SSSR count). The Labute approximate surface area is 262 Å². The predicted octanol–water partition coefficient (Wildman–Crippen LogP) is 4.00. The van der Waals surface area contributed by atoms with Crippen LogP contribution in [0.4, 0.5) is 0 Å². The molecule has 0 radical (unpaired) electrons. The van der Waals surface area contributed by atoms with Gasteiger partial charge in [-0.2, -0.15) is 4.80 Å². The molecule has 240 valence electrons. The van der Waals surface area contributed by atoms with Gasteiger partial charge in [-0.25, -0.2) is 0 Å². The molecule has 0 spiro atoms. The average Bonchev–Trinajstić information content (AvgIpc) is 3.66. The molecule has 2 heterocycles. The number of hydrogen-bond acceptors (Lipinski definition) is 10. The Morgan fingerprint density at radius 1 is 0.911 bits per heavy atom. The van der Waals surface area contributed by atoms with Crippen molar-refractivity contribution in [1.29, 1.82) is 0 Å². The van der Waals surface area contributed by atoms with Crippen LogP contribution in [0.25, 0.3) is 11.4 Å². The average molecular weight is 621 g/mol. The minimum absolute atomic E-state index is 0.174. The van der Waals surface area contributed by atoms with E-state index < -0.39 is 17.5 Å². The molecule has 0 unspecified atom stereocenters. The quantitative estimate of drug-likeness (QED) is 0.233. The molecule has 1 N–H and O–H groups in total. The molecule has 13 heteroatoms. The van der Waals surface area contributed by atoms with E-state index in [9.17, 15) is 9.59 Å². The summed E-state index contributed by atoms with van der Waals surface area (Å²) in [5.74, 6) is 2.67. The van der Waals surface area contributed by atoms with Crippen LogP contribution in [-0.2, 0) is 22.6 Å². The zero-order valence-corrected chi connectivity index (χ0v) is 26.9. The lowest BCUT2D eigenvalue weighted by Gasteiger charge is -2.32. The van der Waals surface area contributed by atoms with Gasteiger partial charge in [0.25, 0.3) is 5.91 Å². The van der Waals surface area contributed by atoms with Crippen LogP contribution in [0, 0.1) is 6.92 Å². The van der Waals surface area contributed by atoms with Crippen molar-refractivity contribution in [1.82, 2.24) is 30.4 Å². The molecule has 0 saturated carbocycles. The summed E-state index contributed by atoms with van der Waals surface area (Å²) in [6.45, 7) is 7.31. The number of furan rings is 1. The molecule has 0 fully saturated rings. The predicted molar refractivity (Wildman–Crippen MR) is 165 cm³/mol. The maximum Gasteiger partial charge on any atom is 0.251 e. The van der Waals surface area contributed by atoms with Crippen LogP contribution in [0.15, 0.2) is 52.9 Å². The Bertz CT molecular complexity index is 1620. The monoisotopic (exact) mass is 620 g/mol. The minimum atomic E-state index is -1.06. The number of carbonyl (C=O) groups excluding carboxylic acids is 2. The molecule has 2 aromatic carbocycles. The first kappa shape index (κ1) is 32.8. The number of hydrogen-bond donors (Lipinski definition) is 1. The lowest BCUT2D eigenvalue weighted by molar-refractivity contribution is -0.143. The van der Waals surface area contributed by atoms with Crippen molar-refractivity contribution in [3.8, 4) is 34.4 Å². The maximum atomic E-state index is 14.1. The Kier molecular flexibility index (Phi) is 10.3. The molecule has 0 saturated heterocycles. The number of nitrogens with one attached hydrogen (secondary N) is 1. The number of rotatable bonds is 13. The molecule has 0 bridgehead atoms. The molecule has 0 aliphatic carbocycles. The van der Waals surface area contributed by atoms with Gasteiger partial charge < -0.3 is 33.6 Å². The van der Waals surface area contributed by atoms with E-state index >= 15 is 0 Å². The smallest absolute Gasteiger partial charge is 0.251 e. The topological polar surface area (TPSA) is 143 Å². The number of carbonyl (C=O) groups is 2. The van der Waals surface area contributed by atoms with Gasteiger partial charge in [0, 0.05) is 17.6 Å². The summed E-state index contributed by atoms with van der Waals surface area (Å²) in [4.78, 5) is 30.5. The Balaban J connectivity index is 1.67. The number of nitrogens with zero attached hydrogens (tertiary/aromatic N) is 5. The van der Waals surface area contributed by atoms with Gasteiger partial charge in [-0.1, -0.05) is 6.07 Å². The summed E-state index contributed by atoms with van der Waals surface area (Å²) in [6.07, 6.45) is 0.409. The molecule has 0 aliphatic rings. The third kappa shape index (κ3) is 8.11. The largest absolute Gasteiger partial charge is 0.493 e. The lowest BCUT2D eigenvalue weighted by Crippen LogP contribution is -2.50. The number of ether oxygens (including phenoxy) is 4. The maximum absolute atomic E-state index is 14.1. The molecule has 4 aromatic rings. The summed E-state index contributed by atoms with van der Waals surface area (Å²) in [7, 11) is 6.21. The van der Waals surface area contributed by atoms with Gasteiger partial charge in [-0.05, 0) is 87.4 Å². The van der Waals surface area contributed by atoms with Crippen molar-refractivity contribution in [3.05, 3.63) is 65.6 Å². The van der Waals surface area contributed by atoms with Gasteiger partial charge in [0.15, 0.2) is 29.0 Å². The molecule has 0 aliphatic heterocycles. The second-order valence-electron chi connectivity index (χ2n) is 11.3. The fraction of sp³-hybridized carbons (Fsp3) is 0.406. The van der Waals surface area contributed by atoms with Crippen molar-refractivity contribution < 1.29 is 33.0 Å². The van der Waals surface area contributed by atoms with Crippen LogP contribution in [0.5, 0.6) is 23.0 Å². The summed E-state index contributed by atoms with van der Waals surface area (Å²) in [5, 5.41) is 15.7. The van der Waals surface area contributed by atoms with E-state index in [1.54, 1.807) is 64.7 Å². The summed E-state index contributed by atoms with van der Waals surface area (Å²) in [6, 6.07) is 13.2. The Hall–Kier alpha value is -5.07. The molecule has 45 heavy (non-hydrogen) atoms. The number of aryl methyl sites for hydroxylation is 1. The fourth-order valence-corrected chi connectivity index (χ4v) is 4.76. The van der Waals surface area contributed by atoms with E-state index in [4.69, 9.17) is 23.4 Å². The van der Waals surface area contributed by atoms with E-state index in [1.165, 1.54) is 16.8 Å². The number of benzene rings is 2. The minimum Gasteiger partial charge on any atom is -0.493 e. The van der Waals surface area contributed by atoms with E-state index in [-0.39, 0.29) is 19.0 Å².